The molecule has 0 aromatic rings. The topological polar surface area (TPSA) is 39.7 Å². The van der Waals surface area contributed by atoms with E-state index in [1.807, 2.05) is 18.8 Å². The van der Waals surface area contributed by atoms with E-state index in [2.05, 4.69) is 47.7 Å². The molecule has 1 aliphatic rings. The lowest BCUT2D eigenvalue weighted by Gasteiger charge is -2.21. The van der Waals surface area contributed by atoms with Gasteiger partial charge in [0.15, 0.2) is 5.96 Å². The molecule has 1 rings (SSSR count). The molecular weight excluding hydrogens is 280 g/mol. The highest BCUT2D eigenvalue weighted by atomic mass is 32.2. The van der Waals surface area contributed by atoms with E-state index in [4.69, 9.17) is 0 Å². The molecule has 0 bridgehead atoms. The SMILES string of the molecule is CN=C(NCCCCN(C)C(C)C)NC1CCC(SC)C1. The predicted octanol–water partition coefficient (Wildman–Crippen LogP) is 2.56. The number of rotatable bonds is 8. The van der Waals surface area contributed by atoms with Gasteiger partial charge in [-0.2, -0.15) is 11.8 Å². The van der Waals surface area contributed by atoms with Crippen LogP contribution in [0.2, 0.25) is 0 Å². The van der Waals surface area contributed by atoms with Crippen LogP contribution in [0.3, 0.4) is 0 Å². The van der Waals surface area contributed by atoms with Gasteiger partial charge in [0.1, 0.15) is 0 Å². The molecule has 5 heteroatoms. The Morgan fingerprint density at radius 1 is 1.33 bits per heavy atom. The van der Waals surface area contributed by atoms with Crippen molar-refractivity contribution in [2.24, 2.45) is 4.99 Å². The molecule has 0 heterocycles. The highest BCUT2D eigenvalue weighted by Crippen LogP contribution is 2.27. The first kappa shape index (κ1) is 18.6. The van der Waals surface area contributed by atoms with Crippen LogP contribution in [0.5, 0.6) is 0 Å². The van der Waals surface area contributed by atoms with E-state index in [-0.39, 0.29) is 0 Å². The molecule has 2 unspecified atom stereocenters. The van der Waals surface area contributed by atoms with Crippen molar-refractivity contribution in [3.63, 3.8) is 0 Å². The summed E-state index contributed by atoms with van der Waals surface area (Å²) in [6.07, 6.45) is 8.50. The van der Waals surface area contributed by atoms with Crippen LogP contribution in [0.15, 0.2) is 4.99 Å². The average Bonchev–Trinajstić information content (AvgIpc) is 2.92. The minimum Gasteiger partial charge on any atom is -0.356 e. The largest absolute Gasteiger partial charge is 0.356 e. The van der Waals surface area contributed by atoms with E-state index in [0.29, 0.717) is 12.1 Å². The average molecular weight is 315 g/mol. The lowest BCUT2D eigenvalue weighted by Crippen LogP contribution is -2.43. The van der Waals surface area contributed by atoms with Gasteiger partial charge >= 0.3 is 0 Å². The summed E-state index contributed by atoms with van der Waals surface area (Å²) in [6, 6.07) is 1.24. The Morgan fingerprint density at radius 2 is 2.10 bits per heavy atom. The van der Waals surface area contributed by atoms with Gasteiger partial charge < -0.3 is 15.5 Å². The minimum atomic E-state index is 0.598. The Bertz CT molecular complexity index is 307. The van der Waals surface area contributed by atoms with Gasteiger partial charge in [0.25, 0.3) is 0 Å². The zero-order chi connectivity index (χ0) is 15.7. The quantitative estimate of drug-likeness (QED) is 0.410. The molecule has 4 nitrogen and oxygen atoms in total. The first-order valence-electron chi connectivity index (χ1n) is 8.27. The van der Waals surface area contributed by atoms with E-state index in [0.717, 1.165) is 17.8 Å². The first-order valence-corrected chi connectivity index (χ1v) is 9.55. The molecule has 0 amide bonds. The Hall–Kier alpha value is -0.420. The van der Waals surface area contributed by atoms with Crippen molar-refractivity contribution in [2.45, 2.75) is 63.3 Å². The third-order valence-electron chi connectivity index (χ3n) is 4.39. The summed E-state index contributed by atoms with van der Waals surface area (Å²) in [4.78, 5) is 6.74. The first-order chi connectivity index (χ1) is 10.1. The van der Waals surface area contributed by atoms with Crippen molar-refractivity contribution in [3.8, 4) is 0 Å². The van der Waals surface area contributed by atoms with Crippen molar-refractivity contribution in [1.82, 2.24) is 15.5 Å². The maximum Gasteiger partial charge on any atom is 0.191 e. The Morgan fingerprint density at radius 3 is 2.67 bits per heavy atom. The summed E-state index contributed by atoms with van der Waals surface area (Å²) in [5, 5.41) is 7.83. The zero-order valence-corrected chi connectivity index (χ0v) is 15.3. The minimum absolute atomic E-state index is 0.598. The van der Waals surface area contributed by atoms with E-state index < -0.39 is 0 Å². The second kappa shape index (κ2) is 10.3. The third-order valence-corrected chi connectivity index (χ3v) is 5.49. The molecule has 2 N–H and O–H groups in total. The van der Waals surface area contributed by atoms with Gasteiger partial charge in [0.05, 0.1) is 0 Å². The standard InChI is InChI=1S/C16H34N4S/c1-13(2)20(4)11-7-6-10-18-16(17-3)19-14-8-9-15(12-14)21-5/h13-15H,6-12H2,1-5H3,(H2,17,18,19). The van der Waals surface area contributed by atoms with Crippen molar-refractivity contribution in [3.05, 3.63) is 0 Å². The normalized spacial score (nSPS) is 23.1. The number of nitrogens with one attached hydrogen (secondary N) is 2. The number of hydrogen-bond acceptors (Lipinski definition) is 3. The van der Waals surface area contributed by atoms with E-state index in [1.54, 1.807) is 0 Å². The molecule has 1 saturated carbocycles. The summed E-state index contributed by atoms with van der Waals surface area (Å²) in [5.74, 6) is 0.971. The van der Waals surface area contributed by atoms with Crippen molar-refractivity contribution >= 4 is 17.7 Å². The number of unbranched alkanes of at least 4 members (excludes halogenated alkanes) is 1. The lowest BCUT2D eigenvalue weighted by molar-refractivity contribution is 0.268. The molecule has 21 heavy (non-hydrogen) atoms. The van der Waals surface area contributed by atoms with Crippen LogP contribution in [0.4, 0.5) is 0 Å². The molecule has 0 radical (unpaired) electrons. The summed E-state index contributed by atoms with van der Waals surface area (Å²) >= 11 is 2.00. The Kier molecular flexibility index (Phi) is 9.16. The monoisotopic (exact) mass is 314 g/mol. The van der Waals surface area contributed by atoms with Gasteiger partial charge in [0.2, 0.25) is 0 Å². The summed E-state index contributed by atoms with van der Waals surface area (Å²) in [5.41, 5.74) is 0. The fraction of sp³-hybridized carbons (Fsp3) is 0.938. The van der Waals surface area contributed by atoms with Gasteiger partial charge in [0, 0.05) is 30.9 Å². The maximum absolute atomic E-state index is 4.34. The van der Waals surface area contributed by atoms with Crippen LogP contribution in [-0.2, 0) is 0 Å². The van der Waals surface area contributed by atoms with Gasteiger partial charge in [-0.15, -0.1) is 0 Å². The second-order valence-corrected chi connectivity index (χ2v) is 7.43. The number of hydrogen-bond donors (Lipinski definition) is 2. The third kappa shape index (κ3) is 7.41. The fourth-order valence-corrected chi connectivity index (χ4v) is 3.42. The van der Waals surface area contributed by atoms with E-state index in [1.165, 1.54) is 38.6 Å². The maximum atomic E-state index is 4.34. The molecule has 0 aliphatic heterocycles. The van der Waals surface area contributed by atoms with Crippen LogP contribution < -0.4 is 10.6 Å². The lowest BCUT2D eigenvalue weighted by atomic mass is 10.2. The van der Waals surface area contributed by atoms with Gasteiger partial charge in [-0.3, -0.25) is 4.99 Å². The second-order valence-electron chi connectivity index (χ2n) is 6.29. The number of aliphatic imine (C=N–C) groups is 1. The van der Waals surface area contributed by atoms with Crippen LogP contribution in [0.1, 0.15) is 46.0 Å². The molecule has 0 aromatic carbocycles. The Labute approximate surface area is 135 Å². The molecular formula is C16H34N4S. The van der Waals surface area contributed by atoms with Crippen LogP contribution >= 0.6 is 11.8 Å². The smallest absolute Gasteiger partial charge is 0.191 e. The summed E-state index contributed by atoms with van der Waals surface area (Å²) < 4.78 is 0. The van der Waals surface area contributed by atoms with Gasteiger partial charge in [-0.1, -0.05) is 0 Å². The zero-order valence-electron chi connectivity index (χ0n) is 14.5. The Balaban J connectivity index is 2.12. The van der Waals surface area contributed by atoms with Crippen LogP contribution in [-0.4, -0.2) is 61.6 Å². The molecule has 2 atom stereocenters. The summed E-state index contributed by atoms with van der Waals surface area (Å²) in [7, 11) is 4.06. The molecule has 0 aromatic heterocycles. The van der Waals surface area contributed by atoms with Crippen molar-refractivity contribution < 1.29 is 0 Å². The fourth-order valence-electron chi connectivity index (χ4n) is 2.62. The van der Waals surface area contributed by atoms with Crippen LogP contribution in [0, 0.1) is 0 Å². The summed E-state index contributed by atoms with van der Waals surface area (Å²) in [6.45, 7) is 6.66. The molecule has 1 aliphatic carbocycles. The molecule has 1 fully saturated rings. The molecule has 0 saturated heterocycles. The van der Waals surface area contributed by atoms with Gasteiger partial charge in [-0.25, -0.2) is 0 Å². The highest BCUT2D eigenvalue weighted by molar-refractivity contribution is 7.99. The van der Waals surface area contributed by atoms with E-state index >= 15 is 0 Å². The predicted molar refractivity (Wildman–Crippen MR) is 96.4 cm³/mol. The van der Waals surface area contributed by atoms with Crippen LogP contribution in [0.25, 0.3) is 0 Å². The van der Waals surface area contributed by atoms with Gasteiger partial charge in [-0.05, 0) is 65.8 Å². The molecule has 0 spiro atoms. The van der Waals surface area contributed by atoms with Crippen molar-refractivity contribution in [1.29, 1.82) is 0 Å². The number of guanidine groups is 1. The van der Waals surface area contributed by atoms with E-state index in [9.17, 15) is 0 Å². The molecule has 124 valence electrons. The highest BCUT2D eigenvalue weighted by Gasteiger charge is 2.24. The van der Waals surface area contributed by atoms with Crippen molar-refractivity contribution in [2.75, 3.05) is 33.4 Å². The number of nitrogens with zero attached hydrogens (tertiary/aromatic N) is 2. The number of thioether (sulfide) groups is 1.